The van der Waals surface area contributed by atoms with Gasteiger partial charge in [0, 0.05) is 45.1 Å². The van der Waals surface area contributed by atoms with Gasteiger partial charge in [0.25, 0.3) is 0 Å². The number of ether oxygens (including phenoxy) is 2. The van der Waals surface area contributed by atoms with E-state index in [2.05, 4.69) is 15.2 Å². The van der Waals surface area contributed by atoms with Crippen LogP contribution in [0.15, 0.2) is 4.99 Å². The van der Waals surface area contributed by atoms with Crippen LogP contribution in [0.25, 0.3) is 0 Å². The van der Waals surface area contributed by atoms with Gasteiger partial charge in [0.05, 0.1) is 6.61 Å². The van der Waals surface area contributed by atoms with Crippen LogP contribution < -0.4 is 5.32 Å². The minimum absolute atomic E-state index is 0. The van der Waals surface area contributed by atoms with Crippen molar-refractivity contribution in [2.24, 2.45) is 10.4 Å². The minimum Gasteiger partial charge on any atom is -0.460 e. The zero-order valence-electron chi connectivity index (χ0n) is 17.5. The highest BCUT2D eigenvalue weighted by atomic mass is 127. The topological polar surface area (TPSA) is 63.2 Å². The van der Waals surface area contributed by atoms with Crippen LogP contribution in [0.5, 0.6) is 0 Å². The van der Waals surface area contributed by atoms with E-state index < -0.39 is 0 Å². The molecular weight excluding hydrogens is 457 g/mol. The van der Waals surface area contributed by atoms with Crippen molar-refractivity contribution in [3.63, 3.8) is 0 Å². The highest BCUT2D eigenvalue weighted by Gasteiger charge is 2.42. The summed E-state index contributed by atoms with van der Waals surface area (Å²) in [5, 5.41) is 3.49. The van der Waals surface area contributed by atoms with Crippen LogP contribution in [-0.4, -0.2) is 62.3 Å². The van der Waals surface area contributed by atoms with E-state index in [1.54, 1.807) is 0 Å². The predicted octanol–water partition coefficient (Wildman–Crippen LogP) is 3.58. The zero-order chi connectivity index (χ0) is 19.0. The second kappa shape index (κ2) is 11.4. The smallest absolute Gasteiger partial charge is 0.306 e. The van der Waals surface area contributed by atoms with E-state index in [4.69, 9.17) is 9.47 Å². The standard InChI is InChI=1S/C20H37N3O3.HI/c1-19(2,3)26-17(24)9-7-5-6-8-12-22-18(21-4)23-13-10-20(15-23)11-14-25-16-20;/h5-16H2,1-4H3,(H,21,22);1H. The van der Waals surface area contributed by atoms with Gasteiger partial charge in [-0.15, -0.1) is 24.0 Å². The molecule has 2 aliphatic rings. The van der Waals surface area contributed by atoms with Gasteiger partial charge in [-0.25, -0.2) is 0 Å². The van der Waals surface area contributed by atoms with Gasteiger partial charge in [-0.2, -0.15) is 0 Å². The van der Waals surface area contributed by atoms with E-state index in [0.717, 1.165) is 64.5 Å². The van der Waals surface area contributed by atoms with Gasteiger partial charge in [0.1, 0.15) is 5.60 Å². The zero-order valence-corrected chi connectivity index (χ0v) is 19.8. The van der Waals surface area contributed by atoms with E-state index in [-0.39, 0.29) is 35.5 Å². The van der Waals surface area contributed by atoms with Crippen molar-refractivity contribution in [2.75, 3.05) is 39.9 Å². The third-order valence-electron chi connectivity index (χ3n) is 5.15. The Morgan fingerprint density at radius 2 is 1.96 bits per heavy atom. The molecule has 0 radical (unpaired) electrons. The van der Waals surface area contributed by atoms with Gasteiger partial charge in [0.15, 0.2) is 5.96 Å². The molecule has 1 unspecified atom stereocenters. The Balaban J connectivity index is 0.00000364. The van der Waals surface area contributed by atoms with Gasteiger partial charge in [-0.05, 0) is 46.5 Å². The molecule has 1 atom stereocenters. The average molecular weight is 495 g/mol. The molecule has 0 saturated carbocycles. The number of guanidine groups is 1. The minimum atomic E-state index is -0.379. The molecule has 2 fully saturated rings. The summed E-state index contributed by atoms with van der Waals surface area (Å²) >= 11 is 0. The number of carbonyl (C=O) groups is 1. The number of nitrogens with one attached hydrogen (secondary N) is 1. The molecule has 1 spiro atoms. The largest absolute Gasteiger partial charge is 0.460 e. The number of hydrogen-bond donors (Lipinski definition) is 1. The van der Waals surface area contributed by atoms with Crippen molar-refractivity contribution in [3.8, 4) is 0 Å². The molecule has 6 nitrogen and oxygen atoms in total. The monoisotopic (exact) mass is 495 g/mol. The lowest BCUT2D eigenvalue weighted by atomic mass is 9.87. The molecule has 1 N–H and O–H groups in total. The van der Waals surface area contributed by atoms with E-state index in [0.29, 0.717) is 11.8 Å². The first-order chi connectivity index (χ1) is 12.3. The van der Waals surface area contributed by atoms with Crippen LogP contribution in [0.2, 0.25) is 0 Å². The molecule has 0 aromatic heterocycles. The third-order valence-corrected chi connectivity index (χ3v) is 5.15. The maximum absolute atomic E-state index is 11.7. The van der Waals surface area contributed by atoms with Crippen LogP contribution in [0.3, 0.4) is 0 Å². The van der Waals surface area contributed by atoms with Crippen molar-refractivity contribution in [3.05, 3.63) is 0 Å². The number of aliphatic imine (C=N–C) groups is 1. The SMILES string of the molecule is CN=C(NCCCCCCC(=O)OC(C)(C)C)N1CCC2(CCOC2)C1.I. The summed E-state index contributed by atoms with van der Waals surface area (Å²) in [6, 6.07) is 0. The van der Waals surface area contributed by atoms with Gasteiger partial charge in [0.2, 0.25) is 0 Å². The highest BCUT2D eigenvalue weighted by Crippen LogP contribution is 2.38. The first-order valence-corrected chi connectivity index (χ1v) is 10.1. The predicted molar refractivity (Wildman–Crippen MR) is 120 cm³/mol. The van der Waals surface area contributed by atoms with Crippen LogP contribution in [0, 0.1) is 5.41 Å². The Labute approximate surface area is 181 Å². The first kappa shape index (κ1) is 24.5. The lowest BCUT2D eigenvalue weighted by Crippen LogP contribution is -2.41. The molecule has 2 rings (SSSR count). The Morgan fingerprint density at radius 3 is 2.59 bits per heavy atom. The van der Waals surface area contributed by atoms with Crippen LogP contribution in [0.1, 0.15) is 65.7 Å². The summed E-state index contributed by atoms with van der Waals surface area (Å²) in [6.45, 7) is 10.6. The summed E-state index contributed by atoms with van der Waals surface area (Å²) in [5.41, 5.74) is -0.0189. The Hall–Kier alpha value is -0.570. The highest BCUT2D eigenvalue weighted by molar-refractivity contribution is 14.0. The quantitative estimate of drug-likeness (QED) is 0.192. The molecule has 0 amide bonds. The second-order valence-electron chi connectivity index (χ2n) is 8.70. The Kier molecular flexibility index (Phi) is 10.4. The Bertz CT molecular complexity index is 485. The van der Waals surface area contributed by atoms with Gasteiger partial charge in [-0.3, -0.25) is 9.79 Å². The van der Waals surface area contributed by atoms with Gasteiger partial charge in [-0.1, -0.05) is 12.8 Å². The summed E-state index contributed by atoms with van der Waals surface area (Å²) in [7, 11) is 1.86. The average Bonchev–Trinajstić information content (AvgIpc) is 3.19. The number of halogens is 1. The lowest BCUT2D eigenvalue weighted by Gasteiger charge is -2.25. The molecule has 27 heavy (non-hydrogen) atoms. The summed E-state index contributed by atoms with van der Waals surface area (Å²) in [5.74, 6) is 0.928. The van der Waals surface area contributed by atoms with E-state index in [9.17, 15) is 4.79 Å². The van der Waals surface area contributed by atoms with E-state index in [1.165, 1.54) is 12.8 Å². The number of likely N-dealkylation sites (tertiary alicyclic amines) is 1. The number of nitrogens with zero attached hydrogens (tertiary/aromatic N) is 2. The molecular formula is C20H38IN3O3. The molecule has 2 aliphatic heterocycles. The number of unbranched alkanes of at least 4 members (excludes halogenated alkanes) is 3. The first-order valence-electron chi connectivity index (χ1n) is 10.1. The molecule has 7 heteroatoms. The summed E-state index contributed by atoms with van der Waals surface area (Å²) < 4.78 is 10.9. The molecule has 2 saturated heterocycles. The van der Waals surface area contributed by atoms with E-state index >= 15 is 0 Å². The second-order valence-corrected chi connectivity index (χ2v) is 8.70. The van der Waals surface area contributed by atoms with Crippen LogP contribution >= 0.6 is 24.0 Å². The van der Waals surface area contributed by atoms with Crippen molar-refractivity contribution in [1.29, 1.82) is 0 Å². The van der Waals surface area contributed by atoms with Crippen molar-refractivity contribution in [2.45, 2.75) is 71.3 Å². The maximum atomic E-state index is 11.7. The van der Waals surface area contributed by atoms with E-state index in [1.807, 2.05) is 27.8 Å². The van der Waals surface area contributed by atoms with Crippen LogP contribution in [-0.2, 0) is 14.3 Å². The molecule has 158 valence electrons. The van der Waals surface area contributed by atoms with Crippen LogP contribution in [0.4, 0.5) is 0 Å². The number of hydrogen-bond acceptors (Lipinski definition) is 4. The van der Waals surface area contributed by atoms with Crippen molar-refractivity contribution < 1.29 is 14.3 Å². The molecule has 0 bridgehead atoms. The number of esters is 1. The molecule has 2 heterocycles. The number of rotatable bonds is 7. The van der Waals surface area contributed by atoms with Crippen molar-refractivity contribution >= 4 is 35.9 Å². The molecule has 0 aliphatic carbocycles. The van der Waals surface area contributed by atoms with Gasteiger partial charge >= 0.3 is 5.97 Å². The summed E-state index contributed by atoms with van der Waals surface area (Å²) in [6.07, 6.45) is 7.07. The fourth-order valence-electron chi connectivity index (χ4n) is 3.76. The summed E-state index contributed by atoms with van der Waals surface area (Å²) in [4.78, 5) is 18.5. The normalized spacial score (nSPS) is 22.8. The molecule has 0 aromatic rings. The maximum Gasteiger partial charge on any atom is 0.306 e. The fraction of sp³-hybridized carbons (Fsp3) is 0.900. The van der Waals surface area contributed by atoms with Crippen molar-refractivity contribution in [1.82, 2.24) is 10.2 Å². The third kappa shape index (κ3) is 8.54. The lowest BCUT2D eigenvalue weighted by molar-refractivity contribution is -0.154. The Morgan fingerprint density at radius 1 is 1.22 bits per heavy atom. The number of carbonyl (C=O) groups excluding carboxylic acids is 1. The fourth-order valence-corrected chi connectivity index (χ4v) is 3.76. The molecule has 0 aromatic carbocycles. The van der Waals surface area contributed by atoms with Gasteiger partial charge < -0.3 is 19.7 Å².